The minimum absolute atomic E-state index is 0.0477. The second-order valence-electron chi connectivity index (χ2n) is 7.54. The van der Waals surface area contributed by atoms with Crippen LogP contribution in [0.5, 0.6) is 5.75 Å². The van der Waals surface area contributed by atoms with Crippen LogP contribution >= 0.6 is 23.2 Å². The first-order valence-electron chi connectivity index (χ1n) is 10.5. The fraction of sp³-hybridized carbons (Fsp3) is 0.304. The van der Waals surface area contributed by atoms with Crippen molar-refractivity contribution in [1.82, 2.24) is 10.7 Å². The smallest absolute Gasteiger partial charge is 0.329 e. The van der Waals surface area contributed by atoms with Gasteiger partial charge in [-0.05, 0) is 60.9 Å². The molecule has 0 spiro atoms. The summed E-state index contributed by atoms with van der Waals surface area (Å²) < 4.78 is 5.51. The Balaban J connectivity index is 1.40. The van der Waals surface area contributed by atoms with Crippen molar-refractivity contribution in [2.24, 2.45) is 5.10 Å². The fourth-order valence-electron chi connectivity index (χ4n) is 3.29. The van der Waals surface area contributed by atoms with Crippen LogP contribution in [-0.2, 0) is 14.4 Å². The Hall–Kier alpha value is -3.10. The van der Waals surface area contributed by atoms with Crippen LogP contribution in [0.3, 0.4) is 0 Å². The molecule has 174 valence electrons. The maximum absolute atomic E-state index is 12.0. The number of ether oxygens (including phenoxy) is 1. The van der Waals surface area contributed by atoms with Crippen molar-refractivity contribution in [3.63, 3.8) is 0 Å². The van der Waals surface area contributed by atoms with Crippen LogP contribution in [0.15, 0.2) is 47.6 Å². The van der Waals surface area contributed by atoms with Gasteiger partial charge in [0.15, 0.2) is 6.61 Å². The van der Waals surface area contributed by atoms with E-state index in [0.29, 0.717) is 22.0 Å². The molecule has 3 N–H and O–H groups in total. The van der Waals surface area contributed by atoms with Gasteiger partial charge in [-0.15, -0.1) is 0 Å². The first kappa shape index (κ1) is 24.5. The number of halogens is 2. The number of carbonyl (C=O) groups excluding carboxylic acids is 3. The van der Waals surface area contributed by atoms with Gasteiger partial charge in [0.2, 0.25) is 0 Å². The number of hydrazone groups is 1. The Labute approximate surface area is 201 Å². The number of hydrogen-bond acceptors (Lipinski definition) is 5. The van der Waals surface area contributed by atoms with Crippen LogP contribution in [0.25, 0.3) is 0 Å². The van der Waals surface area contributed by atoms with Crippen LogP contribution in [0, 0.1) is 0 Å². The van der Waals surface area contributed by atoms with Crippen molar-refractivity contribution in [2.45, 2.75) is 38.1 Å². The number of carbonyl (C=O) groups is 3. The summed E-state index contributed by atoms with van der Waals surface area (Å²) in [5.41, 5.74) is 3.14. The summed E-state index contributed by atoms with van der Waals surface area (Å²) in [5.74, 6) is -1.44. The number of nitrogens with zero attached hydrogens (tertiary/aromatic N) is 1. The zero-order valence-corrected chi connectivity index (χ0v) is 19.3. The molecule has 3 rings (SSSR count). The Morgan fingerprint density at radius 2 is 1.70 bits per heavy atom. The van der Waals surface area contributed by atoms with E-state index in [4.69, 9.17) is 27.9 Å². The summed E-state index contributed by atoms with van der Waals surface area (Å²) in [6.45, 7) is -0.0477. The minimum Gasteiger partial charge on any atom is -0.484 e. The lowest BCUT2D eigenvalue weighted by molar-refractivity contribution is -0.136. The number of anilines is 1. The van der Waals surface area contributed by atoms with Crippen molar-refractivity contribution in [1.29, 1.82) is 0 Å². The quantitative estimate of drug-likeness (QED) is 0.310. The second kappa shape index (κ2) is 12.2. The summed E-state index contributed by atoms with van der Waals surface area (Å²) >= 11 is 11.7. The number of hydrogen-bond donors (Lipinski definition) is 3. The molecule has 3 amide bonds. The monoisotopic (exact) mass is 490 g/mol. The topological polar surface area (TPSA) is 109 Å². The molecule has 1 aliphatic carbocycles. The first-order valence-corrected chi connectivity index (χ1v) is 11.3. The van der Waals surface area contributed by atoms with Gasteiger partial charge in [0, 0.05) is 11.7 Å². The molecule has 10 heteroatoms. The third kappa shape index (κ3) is 8.07. The van der Waals surface area contributed by atoms with Gasteiger partial charge in [0.05, 0.1) is 16.3 Å². The number of benzene rings is 2. The second-order valence-corrected chi connectivity index (χ2v) is 8.36. The highest BCUT2D eigenvalue weighted by molar-refractivity contribution is 6.42. The predicted molar refractivity (Wildman–Crippen MR) is 128 cm³/mol. The Kier molecular flexibility index (Phi) is 9.09. The van der Waals surface area contributed by atoms with E-state index in [0.717, 1.165) is 25.7 Å². The maximum atomic E-state index is 12.0. The zero-order chi connectivity index (χ0) is 23.6. The normalized spacial score (nSPS) is 14.0. The number of nitrogens with one attached hydrogen (secondary N) is 3. The zero-order valence-electron chi connectivity index (χ0n) is 17.8. The van der Waals surface area contributed by atoms with Crippen molar-refractivity contribution in [2.75, 3.05) is 11.9 Å². The summed E-state index contributed by atoms with van der Waals surface area (Å²) in [7, 11) is 0. The summed E-state index contributed by atoms with van der Waals surface area (Å²) in [4.78, 5) is 35.8. The highest BCUT2D eigenvalue weighted by Crippen LogP contribution is 2.25. The average molecular weight is 491 g/mol. The largest absolute Gasteiger partial charge is 0.484 e. The van der Waals surface area contributed by atoms with Gasteiger partial charge in [-0.1, -0.05) is 42.5 Å². The van der Waals surface area contributed by atoms with Gasteiger partial charge in [0.25, 0.3) is 5.91 Å². The summed E-state index contributed by atoms with van der Waals surface area (Å²) in [6, 6.07) is 11.5. The van der Waals surface area contributed by atoms with Crippen molar-refractivity contribution in [3.8, 4) is 5.75 Å². The molecule has 0 saturated heterocycles. The third-order valence-corrected chi connectivity index (χ3v) is 5.72. The van der Waals surface area contributed by atoms with Crippen LogP contribution < -0.4 is 20.8 Å². The highest BCUT2D eigenvalue weighted by atomic mass is 35.5. The van der Waals surface area contributed by atoms with E-state index in [1.807, 2.05) is 0 Å². The lowest BCUT2D eigenvalue weighted by Crippen LogP contribution is -2.38. The van der Waals surface area contributed by atoms with E-state index in [1.54, 1.807) is 24.3 Å². The van der Waals surface area contributed by atoms with Gasteiger partial charge in [0.1, 0.15) is 5.75 Å². The van der Waals surface area contributed by atoms with E-state index in [9.17, 15) is 14.4 Å². The van der Waals surface area contributed by atoms with Crippen LogP contribution in [0.4, 0.5) is 5.69 Å². The molecule has 1 saturated carbocycles. The Morgan fingerprint density at radius 1 is 0.970 bits per heavy atom. The van der Waals surface area contributed by atoms with Crippen LogP contribution in [0.1, 0.15) is 37.7 Å². The van der Waals surface area contributed by atoms with E-state index < -0.39 is 11.8 Å². The first-order chi connectivity index (χ1) is 15.9. The molecular formula is C23H24Cl2N4O4. The molecule has 0 bridgehead atoms. The lowest BCUT2D eigenvalue weighted by Gasteiger charge is -2.22. The van der Waals surface area contributed by atoms with Gasteiger partial charge in [-0.25, -0.2) is 5.43 Å². The highest BCUT2D eigenvalue weighted by Gasteiger charge is 2.16. The predicted octanol–water partition coefficient (Wildman–Crippen LogP) is 3.91. The molecule has 2 aromatic rings. The minimum atomic E-state index is -0.943. The van der Waals surface area contributed by atoms with Gasteiger partial charge in [-0.3, -0.25) is 14.4 Å². The molecule has 1 aliphatic rings. The van der Waals surface area contributed by atoms with Crippen LogP contribution in [0.2, 0.25) is 10.0 Å². The van der Waals surface area contributed by atoms with Crippen molar-refractivity contribution >= 4 is 52.8 Å². The SMILES string of the molecule is O=C(COc1ccc(C=NNC(=O)C(=O)Nc2ccc(Cl)c(Cl)c2)cc1)NC1CCCCC1. The summed E-state index contributed by atoms with van der Waals surface area (Å²) in [6.07, 6.45) is 6.95. The van der Waals surface area contributed by atoms with Crippen molar-refractivity contribution in [3.05, 3.63) is 58.1 Å². The molecule has 2 aromatic carbocycles. The van der Waals surface area contributed by atoms with E-state index in [1.165, 1.54) is 30.8 Å². The summed E-state index contributed by atoms with van der Waals surface area (Å²) in [5, 5.41) is 9.75. The van der Waals surface area contributed by atoms with E-state index >= 15 is 0 Å². The fourth-order valence-corrected chi connectivity index (χ4v) is 3.59. The number of rotatable bonds is 7. The van der Waals surface area contributed by atoms with Gasteiger partial charge >= 0.3 is 11.8 Å². The lowest BCUT2D eigenvalue weighted by atomic mass is 9.95. The van der Waals surface area contributed by atoms with Gasteiger partial charge < -0.3 is 15.4 Å². The third-order valence-electron chi connectivity index (χ3n) is 4.98. The van der Waals surface area contributed by atoms with Gasteiger partial charge in [-0.2, -0.15) is 5.10 Å². The maximum Gasteiger partial charge on any atom is 0.329 e. The molecule has 1 fully saturated rings. The Morgan fingerprint density at radius 3 is 2.39 bits per heavy atom. The molecule has 0 heterocycles. The molecular weight excluding hydrogens is 467 g/mol. The molecule has 8 nitrogen and oxygen atoms in total. The van der Waals surface area contributed by atoms with E-state index in [2.05, 4.69) is 21.2 Å². The Bertz CT molecular complexity index is 1020. The van der Waals surface area contributed by atoms with E-state index in [-0.39, 0.29) is 23.6 Å². The molecule has 0 radical (unpaired) electrons. The average Bonchev–Trinajstić information content (AvgIpc) is 2.81. The molecule has 33 heavy (non-hydrogen) atoms. The van der Waals surface area contributed by atoms with Crippen molar-refractivity contribution < 1.29 is 19.1 Å². The molecule has 0 atom stereocenters. The molecule has 0 aromatic heterocycles. The molecule has 0 unspecified atom stereocenters. The number of amides is 3. The standard InChI is InChI=1S/C23H24Cl2N4O4/c24-19-11-8-17(12-20(19)25)28-22(31)23(32)29-26-13-15-6-9-18(10-7-15)33-14-21(30)27-16-4-2-1-3-5-16/h6-13,16H,1-5,14H2,(H,27,30)(H,28,31)(H,29,32). The van der Waals surface area contributed by atoms with Crippen LogP contribution in [-0.4, -0.2) is 36.6 Å². The molecule has 0 aliphatic heterocycles.